The minimum absolute atomic E-state index is 0.0304. The summed E-state index contributed by atoms with van der Waals surface area (Å²) < 4.78 is 5.78. The van der Waals surface area contributed by atoms with Gasteiger partial charge in [-0.1, -0.05) is 48.5 Å². The summed E-state index contributed by atoms with van der Waals surface area (Å²) >= 11 is 1.70. The Kier molecular flexibility index (Phi) is 6.23. The third-order valence-corrected chi connectivity index (χ3v) is 4.98. The smallest absolute Gasteiger partial charge is 0.122 e. The summed E-state index contributed by atoms with van der Waals surface area (Å²) in [4.78, 5) is 1.22. The molecule has 0 unspecified atom stereocenters. The largest absolute Gasteiger partial charge is 0.488 e. The average Bonchev–Trinajstić information content (AvgIpc) is 3.19. The highest BCUT2D eigenvalue weighted by molar-refractivity contribution is 7.09. The Morgan fingerprint density at radius 3 is 2.44 bits per heavy atom. The van der Waals surface area contributed by atoms with Crippen molar-refractivity contribution in [3.05, 3.63) is 88.1 Å². The molecule has 1 heterocycles. The lowest BCUT2D eigenvalue weighted by atomic mass is 10.0. The minimum atomic E-state index is -0.519. The first-order valence-electron chi connectivity index (χ1n) is 8.43. The Bertz CT molecular complexity index is 741. The number of aliphatic hydroxyl groups is 1. The van der Waals surface area contributed by atoms with Gasteiger partial charge in [0.2, 0.25) is 0 Å². The lowest BCUT2D eigenvalue weighted by molar-refractivity contribution is 0.135. The van der Waals surface area contributed by atoms with Gasteiger partial charge in [0.1, 0.15) is 12.4 Å². The van der Waals surface area contributed by atoms with Crippen LogP contribution in [0.3, 0.4) is 0 Å². The van der Waals surface area contributed by atoms with Crippen LogP contribution < -0.4 is 10.1 Å². The average molecular weight is 353 g/mol. The summed E-state index contributed by atoms with van der Waals surface area (Å²) in [6, 6.07) is 21.9. The fraction of sp³-hybridized carbons (Fsp3) is 0.238. The molecule has 1 aromatic heterocycles. The lowest BCUT2D eigenvalue weighted by Gasteiger charge is -2.20. The second kappa shape index (κ2) is 8.81. The molecule has 2 N–H and O–H groups in total. The van der Waals surface area contributed by atoms with E-state index in [2.05, 4.69) is 28.9 Å². The highest BCUT2D eigenvalue weighted by Crippen LogP contribution is 2.18. The normalized spacial score (nSPS) is 13.4. The van der Waals surface area contributed by atoms with Crippen molar-refractivity contribution in [2.75, 3.05) is 0 Å². The Morgan fingerprint density at radius 1 is 1.00 bits per heavy atom. The molecule has 3 nitrogen and oxygen atoms in total. The topological polar surface area (TPSA) is 41.5 Å². The summed E-state index contributed by atoms with van der Waals surface area (Å²) in [5, 5.41) is 15.8. The van der Waals surface area contributed by atoms with E-state index in [0.29, 0.717) is 13.2 Å². The summed E-state index contributed by atoms with van der Waals surface area (Å²) in [7, 11) is 0. The van der Waals surface area contributed by atoms with Gasteiger partial charge in [0.05, 0.1) is 6.10 Å². The molecule has 0 aliphatic rings. The number of hydrogen-bond donors (Lipinski definition) is 2. The van der Waals surface area contributed by atoms with E-state index in [1.807, 2.05) is 55.5 Å². The molecule has 0 saturated heterocycles. The van der Waals surface area contributed by atoms with Gasteiger partial charge in [-0.05, 0) is 41.6 Å². The molecule has 4 heteroatoms. The molecule has 0 bridgehead atoms. The van der Waals surface area contributed by atoms with E-state index in [1.165, 1.54) is 4.88 Å². The first kappa shape index (κ1) is 17.7. The lowest BCUT2D eigenvalue weighted by Crippen LogP contribution is -2.31. The zero-order chi connectivity index (χ0) is 17.5. The number of hydrogen-bond acceptors (Lipinski definition) is 4. The Hall–Kier alpha value is -2.14. The van der Waals surface area contributed by atoms with E-state index in [1.54, 1.807) is 11.3 Å². The van der Waals surface area contributed by atoms with E-state index < -0.39 is 6.10 Å². The molecule has 0 radical (unpaired) electrons. The highest BCUT2D eigenvalue weighted by Gasteiger charge is 2.15. The maximum atomic E-state index is 10.4. The van der Waals surface area contributed by atoms with Gasteiger partial charge in [0.15, 0.2) is 0 Å². The standard InChI is InChI=1S/C21H23NO2S/c1-16(21(23)18-6-3-2-4-7-18)22-14-17-9-11-19(12-10-17)24-15-20-8-5-13-25-20/h2-13,16,21-23H,14-15H2,1H3/t16-,21+/m1/s1. The number of thiophene rings is 1. The van der Waals surface area contributed by atoms with Crippen LogP contribution in [0.5, 0.6) is 5.75 Å². The van der Waals surface area contributed by atoms with Crippen molar-refractivity contribution in [2.24, 2.45) is 0 Å². The molecule has 25 heavy (non-hydrogen) atoms. The van der Waals surface area contributed by atoms with Crippen LogP contribution in [0.25, 0.3) is 0 Å². The fourth-order valence-electron chi connectivity index (χ4n) is 2.58. The first-order chi connectivity index (χ1) is 12.2. The SMILES string of the molecule is C[C@@H](NCc1ccc(OCc2cccs2)cc1)[C@H](O)c1ccccc1. The Morgan fingerprint density at radius 2 is 1.76 bits per heavy atom. The van der Waals surface area contributed by atoms with Crippen LogP contribution in [0.2, 0.25) is 0 Å². The molecule has 3 aromatic rings. The van der Waals surface area contributed by atoms with Crippen molar-refractivity contribution in [2.45, 2.75) is 32.2 Å². The van der Waals surface area contributed by atoms with Gasteiger partial charge in [-0.3, -0.25) is 0 Å². The third kappa shape index (κ3) is 5.16. The third-order valence-electron chi connectivity index (χ3n) is 4.13. The van der Waals surface area contributed by atoms with E-state index >= 15 is 0 Å². The number of aliphatic hydroxyl groups excluding tert-OH is 1. The van der Waals surface area contributed by atoms with Gasteiger partial charge >= 0.3 is 0 Å². The molecule has 0 saturated carbocycles. The second-order valence-corrected chi connectivity index (χ2v) is 7.07. The molecule has 3 rings (SSSR count). The number of benzene rings is 2. The van der Waals surface area contributed by atoms with Crippen molar-refractivity contribution in [1.82, 2.24) is 5.32 Å². The second-order valence-electron chi connectivity index (χ2n) is 6.04. The van der Waals surface area contributed by atoms with E-state index in [4.69, 9.17) is 4.74 Å². The Labute approximate surface area is 152 Å². The van der Waals surface area contributed by atoms with Gasteiger partial charge in [-0.15, -0.1) is 11.3 Å². The molecule has 0 fully saturated rings. The maximum Gasteiger partial charge on any atom is 0.122 e. The Balaban J connectivity index is 1.48. The maximum absolute atomic E-state index is 10.4. The summed E-state index contributed by atoms with van der Waals surface area (Å²) in [6.45, 7) is 3.31. The van der Waals surface area contributed by atoms with Crippen molar-refractivity contribution >= 4 is 11.3 Å². The zero-order valence-electron chi connectivity index (χ0n) is 14.3. The van der Waals surface area contributed by atoms with Gasteiger partial charge < -0.3 is 15.2 Å². The molecule has 0 spiro atoms. The molecule has 0 aliphatic heterocycles. The fourth-order valence-corrected chi connectivity index (χ4v) is 3.20. The molecule has 0 amide bonds. The van der Waals surface area contributed by atoms with Crippen LogP contribution in [0.4, 0.5) is 0 Å². The summed E-state index contributed by atoms with van der Waals surface area (Å²) in [6.07, 6.45) is -0.519. The molecular formula is C21H23NO2S. The summed E-state index contributed by atoms with van der Waals surface area (Å²) in [5.41, 5.74) is 2.09. The van der Waals surface area contributed by atoms with Crippen LogP contribution in [0.1, 0.15) is 29.0 Å². The van der Waals surface area contributed by atoms with Crippen LogP contribution in [-0.4, -0.2) is 11.1 Å². The van der Waals surface area contributed by atoms with Crippen molar-refractivity contribution in [1.29, 1.82) is 0 Å². The minimum Gasteiger partial charge on any atom is -0.488 e. The van der Waals surface area contributed by atoms with E-state index in [0.717, 1.165) is 16.9 Å². The van der Waals surface area contributed by atoms with Gasteiger partial charge in [0, 0.05) is 17.5 Å². The summed E-state index contributed by atoms with van der Waals surface area (Å²) in [5.74, 6) is 0.870. The van der Waals surface area contributed by atoms with Crippen LogP contribution >= 0.6 is 11.3 Å². The monoisotopic (exact) mass is 353 g/mol. The molecule has 2 aromatic carbocycles. The number of nitrogens with one attached hydrogen (secondary N) is 1. The van der Waals surface area contributed by atoms with Gasteiger partial charge in [-0.2, -0.15) is 0 Å². The van der Waals surface area contributed by atoms with Crippen molar-refractivity contribution < 1.29 is 9.84 Å². The molecule has 130 valence electrons. The van der Waals surface area contributed by atoms with E-state index in [-0.39, 0.29) is 6.04 Å². The zero-order valence-corrected chi connectivity index (χ0v) is 15.1. The highest BCUT2D eigenvalue weighted by atomic mass is 32.1. The number of ether oxygens (including phenoxy) is 1. The molecular weight excluding hydrogens is 330 g/mol. The van der Waals surface area contributed by atoms with Crippen molar-refractivity contribution in [3.8, 4) is 5.75 Å². The van der Waals surface area contributed by atoms with Crippen molar-refractivity contribution in [3.63, 3.8) is 0 Å². The first-order valence-corrected chi connectivity index (χ1v) is 9.31. The predicted octanol–water partition coefficient (Wildman–Crippen LogP) is 4.54. The molecule has 2 atom stereocenters. The number of rotatable bonds is 8. The van der Waals surface area contributed by atoms with Crippen LogP contribution in [-0.2, 0) is 13.2 Å². The van der Waals surface area contributed by atoms with Gasteiger partial charge in [-0.25, -0.2) is 0 Å². The van der Waals surface area contributed by atoms with Crippen LogP contribution in [0.15, 0.2) is 72.1 Å². The van der Waals surface area contributed by atoms with Crippen LogP contribution in [0, 0.1) is 0 Å². The molecule has 0 aliphatic carbocycles. The van der Waals surface area contributed by atoms with E-state index in [9.17, 15) is 5.11 Å². The predicted molar refractivity (Wildman–Crippen MR) is 103 cm³/mol. The van der Waals surface area contributed by atoms with Gasteiger partial charge in [0.25, 0.3) is 0 Å². The quantitative estimate of drug-likeness (QED) is 0.625.